The summed E-state index contributed by atoms with van der Waals surface area (Å²) in [6, 6.07) is 1.22. The molecular formula is C14H28OSi. The molecule has 0 rings (SSSR count). The van der Waals surface area contributed by atoms with E-state index in [1.165, 1.54) is 38.1 Å². The highest BCUT2D eigenvalue weighted by Crippen LogP contribution is 2.14. The van der Waals surface area contributed by atoms with E-state index in [0.717, 1.165) is 0 Å². The fraction of sp³-hybridized carbons (Fsp3) is 0.857. The first-order valence-electron chi connectivity index (χ1n) is 6.70. The molecule has 0 aromatic carbocycles. The average molecular weight is 240 g/mol. The van der Waals surface area contributed by atoms with Crippen molar-refractivity contribution in [1.82, 2.24) is 0 Å². The van der Waals surface area contributed by atoms with Crippen molar-refractivity contribution in [3.05, 3.63) is 0 Å². The number of hydrogen-bond acceptors (Lipinski definition) is 1. The minimum atomic E-state index is -1.50. The molecule has 0 aliphatic rings. The Bertz CT molecular complexity index is 225. The molecule has 2 heteroatoms. The molecule has 1 nitrogen and oxygen atoms in total. The Kier molecular flexibility index (Phi) is 8.47. The van der Waals surface area contributed by atoms with Crippen molar-refractivity contribution in [1.29, 1.82) is 0 Å². The van der Waals surface area contributed by atoms with Gasteiger partial charge in [0.05, 0.1) is 6.11 Å². The summed E-state index contributed by atoms with van der Waals surface area (Å²) in [5.74, 6) is 3.69. The monoisotopic (exact) mass is 240 g/mol. The predicted molar refractivity (Wildman–Crippen MR) is 74.7 cm³/mol. The predicted octanol–water partition coefficient (Wildman–Crippen LogP) is 4.80. The second kappa shape index (κ2) is 8.70. The standard InChI is InChI=1S/C14H28OSi/c1-6-8-10-14(3)11-12-15-16(4,5)13-9-7-2/h14H,6-10,13H2,1-5H3. The fourth-order valence-corrected chi connectivity index (χ4v) is 3.15. The van der Waals surface area contributed by atoms with Gasteiger partial charge in [0.15, 0.2) is 0 Å². The Morgan fingerprint density at radius 1 is 1.12 bits per heavy atom. The fourth-order valence-electron chi connectivity index (χ4n) is 1.50. The zero-order chi connectivity index (χ0) is 12.4. The first-order chi connectivity index (χ1) is 7.52. The lowest BCUT2D eigenvalue weighted by Crippen LogP contribution is -2.27. The van der Waals surface area contributed by atoms with E-state index in [2.05, 4.69) is 45.9 Å². The summed E-state index contributed by atoms with van der Waals surface area (Å²) in [6.45, 7) is 11.1. The van der Waals surface area contributed by atoms with Gasteiger partial charge in [-0.05, 0) is 25.6 Å². The lowest BCUT2D eigenvalue weighted by Gasteiger charge is -2.18. The molecular weight excluding hydrogens is 212 g/mol. The van der Waals surface area contributed by atoms with Crippen LogP contribution in [0.25, 0.3) is 0 Å². The van der Waals surface area contributed by atoms with Crippen LogP contribution in [0.15, 0.2) is 0 Å². The van der Waals surface area contributed by atoms with Gasteiger partial charge >= 0.3 is 0 Å². The maximum Gasteiger partial charge on any atom is 0.258 e. The Balaban J connectivity index is 3.87. The molecule has 0 radical (unpaired) electrons. The van der Waals surface area contributed by atoms with Crippen LogP contribution in [-0.4, -0.2) is 8.32 Å². The number of hydrogen-bond donors (Lipinski definition) is 0. The van der Waals surface area contributed by atoms with Crippen molar-refractivity contribution < 1.29 is 4.43 Å². The summed E-state index contributed by atoms with van der Waals surface area (Å²) >= 11 is 0. The van der Waals surface area contributed by atoms with Crippen LogP contribution in [0, 0.1) is 17.9 Å². The molecule has 0 aromatic rings. The Hall–Kier alpha value is -0.423. The van der Waals surface area contributed by atoms with E-state index >= 15 is 0 Å². The third kappa shape index (κ3) is 8.85. The van der Waals surface area contributed by atoms with Crippen molar-refractivity contribution >= 4 is 8.32 Å². The molecule has 1 atom stereocenters. The zero-order valence-corrected chi connectivity index (χ0v) is 12.7. The maximum atomic E-state index is 5.76. The second-order valence-corrected chi connectivity index (χ2v) is 9.48. The van der Waals surface area contributed by atoms with Crippen molar-refractivity contribution in [2.45, 2.75) is 72.0 Å². The lowest BCUT2D eigenvalue weighted by molar-refractivity contribution is 0.500. The maximum absolute atomic E-state index is 5.76. The van der Waals surface area contributed by atoms with Crippen LogP contribution >= 0.6 is 0 Å². The van der Waals surface area contributed by atoms with E-state index in [9.17, 15) is 0 Å². The van der Waals surface area contributed by atoms with Crippen molar-refractivity contribution in [3.63, 3.8) is 0 Å². The van der Waals surface area contributed by atoms with Gasteiger partial charge in [-0.2, -0.15) is 0 Å². The average Bonchev–Trinajstić information content (AvgIpc) is 2.23. The van der Waals surface area contributed by atoms with Gasteiger partial charge in [-0.25, -0.2) is 0 Å². The Morgan fingerprint density at radius 2 is 1.75 bits per heavy atom. The minimum Gasteiger partial charge on any atom is -0.501 e. The zero-order valence-electron chi connectivity index (χ0n) is 11.7. The van der Waals surface area contributed by atoms with Gasteiger partial charge in [0, 0.05) is 5.92 Å². The molecule has 0 saturated heterocycles. The third-order valence-electron chi connectivity index (χ3n) is 2.76. The number of rotatable bonds is 7. The molecule has 0 N–H and O–H groups in total. The molecule has 0 aliphatic carbocycles. The molecule has 1 unspecified atom stereocenters. The molecule has 0 saturated carbocycles. The van der Waals surface area contributed by atoms with Gasteiger partial charge in [-0.15, -0.1) is 0 Å². The summed E-state index contributed by atoms with van der Waals surface area (Å²) in [4.78, 5) is 0. The summed E-state index contributed by atoms with van der Waals surface area (Å²) in [7, 11) is -1.50. The molecule has 0 aromatic heterocycles. The molecule has 0 fully saturated rings. The van der Waals surface area contributed by atoms with Crippen molar-refractivity contribution in [3.8, 4) is 12.0 Å². The van der Waals surface area contributed by atoms with Crippen LogP contribution in [0.5, 0.6) is 0 Å². The second-order valence-electron chi connectivity index (χ2n) is 5.25. The third-order valence-corrected chi connectivity index (χ3v) is 4.97. The van der Waals surface area contributed by atoms with Crippen LogP contribution in [0.3, 0.4) is 0 Å². The topological polar surface area (TPSA) is 9.23 Å². The Labute approximate surface area is 103 Å². The summed E-state index contributed by atoms with van der Waals surface area (Å²) < 4.78 is 5.76. The molecule has 0 bridgehead atoms. The summed E-state index contributed by atoms with van der Waals surface area (Å²) in [5, 5.41) is 0. The van der Waals surface area contributed by atoms with Crippen LogP contribution < -0.4 is 0 Å². The van der Waals surface area contributed by atoms with Crippen LogP contribution in [0.2, 0.25) is 19.1 Å². The molecule has 0 heterocycles. The van der Waals surface area contributed by atoms with E-state index in [1.54, 1.807) is 0 Å². The van der Waals surface area contributed by atoms with Gasteiger partial charge in [-0.3, -0.25) is 0 Å². The van der Waals surface area contributed by atoms with E-state index in [4.69, 9.17) is 4.43 Å². The first-order valence-corrected chi connectivity index (χ1v) is 9.82. The van der Waals surface area contributed by atoms with Gasteiger partial charge in [0.1, 0.15) is 0 Å². The smallest absolute Gasteiger partial charge is 0.258 e. The quantitative estimate of drug-likeness (QED) is 0.459. The first kappa shape index (κ1) is 15.6. The normalized spacial score (nSPS) is 12.8. The summed E-state index contributed by atoms with van der Waals surface area (Å²) in [6.07, 6.45) is 9.20. The van der Waals surface area contributed by atoms with Crippen molar-refractivity contribution in [2.75, 3.05) is 0 Å². The highest BCUT2D eigenvalue weighted by Gasteiger charge is 2.22. The van der Waals surface area contributed by atoms with Gasteiger partial charge in [-0.1, -0.05) is 52.4 Å². The van der Waals surface area contributed by atoms with Crippen LogP contribution in [0.4, 0.5) is 0 Å². The Morgan fingerprint density at radius 3 is 2.31 bits per heavy atom. The molecule has 16 heavy (non-hydrogen) atoms. The molecule has 94 valence electrons. The molecule has 0 aliphatic heterocycles. The van der Waals surface area contributed by atoms with Crippen molar-refractivity contribution in [2.24, 2.45) is 5.92 Å². The molecule has 0 spiro atoms. The molecule has 0 amide bonds. The van der Waals surface area contributed by atoms with Gasteiger partial charge in [0.25, 0.3) is 8.32 Å². The largest absolute Gasteiger partial charge is 0.501 e. The van der Waals surface area contributed by atoms with Crippen LogP contribution in [0.1, 0.15) is 52.9 Å². The lowest BCUT2D eigenvalue weighted by atomic mass is 10.1. The van der Waals surface area contributed by atoms with E-state index in [0.29, 0.717) is 5.92 Å². The van der Waals surface area contributed by atoms with E-state index in [-0.39, 0.29) is 0 Å². The highest BCUT2D eigenvalue weighted by molar-refractivity contribution is 6.71. The van der Waals surface area contributed by atoms with Gasteiger partial charge in [0.2, 0.25) is 0 Å². The highest BCUT2D eigenvalue weighted by atomic mass is 28.4. The van der Waals surface area contributed by atoms with Gasteiger partial charge < -0.3 is 4.43 Å². The number of unbranched alkanes of at least 4 members (excludes halogenated alkanes) is 2. The minimum absolute atomic E-state index is 0.482. The van der Waals surface area contributed by atoms with E-state index in [1.807, 2.05) is 0 Å². The SMILES string of the molecule is CCCCC(C)C#CO[Si](C)(C)CCCC. The summed E-state index contributed by atoms with van der Waals surface area (Å²) in [5.41, 5.74) is 0. The van der Waals surface area contributed by atoms with E-state index < -0.39 is 8.32 Å². The van der Waals surface area contributed by atoms with Crippen LogP contribution in [-0.2, 0) is 4.43 Å².